The molecule has 2 unspecified atom stereocenters. The van der Waals surface area contributed by atoms with Crippen molar-refractivity contribution >= 4 is 29.9 Å². The summed E-state index contributed by atoms with van der Waals surface area (Å²) in [6.07, 6.45) is 1.57. The highest BCUT2D eigenvalue weighted by molar-refractivity contribution is 14.0. The second-order valence-electron chi connectivity index (χ2n) is 7.67. The van der Waals surface area contributed by atoms with Gasteiger partial charge in [0.15, 0.2) is 5.96 Å². The van der Waals surface area contributed by atoms with Gasteiger partial charge in [-0.2, -0.15) is 0 Å². The van der Waals surface area contributed by atoms with Gasteiger partial charge in [0.1, 0.15) is 11.4 Å². The number of nitrogens with zero attached hydrogens (tertiary/aromatic N) is 3. The van der Waals surface area contributed by atoms with E-state index < -0.39 is 5.60 Å². The zero-order valence-corrected chi connectivity index (χ0v) is 20.1. The number of hydrogen-bond donors (Lipinski definition) is 3. The molecule has 1 aromatic heterocycles. The van der Waals surface area contributed by atoms with Crippen LogP contribution in [0.15, 0.2) is 27.8 Å². The maximum Gasteiger partial charge on any atom is 0.191 e. The van der Waals surface area contributed by atoms with Crippen LogP contribution in [-0.4, -0.2) is 79.8 Å². The molecule has 2 rings (SSSR count). The number of guanidine groups is 1. The standard InChI is InChI=1S/C20H37N5O2.HI/c1-5-21-19(23-16-20(4,26)18-8-7-13-27-18)22-14-17(3)15-25-11-9-24(6-2)10-12-25;/h7-8,13,17,26H,5-6,9-12,14-16H2,1-4H3,(H2,21,22,23);1H. The molecule has 0 spiro atoms. The number of piperazine rings is 1. The van der Waals surface area contributed by atoms with Gasteiger partial charge in [-0.05, 0) is 38.4 Å². The molecule has 7 nitrogen and oxygen atoms in total. The van der Waals surface area contributed by atoms with E-state index in [0.29, 0.717) is 11.7 Å². The van der Waals surface area contributed by atoms with E-state index in [4.69, 9.17) is 4.42 Å². The van der Waals surface area contributed by atoms with Crippen LogP contribution in [0.1, 0.15) is 33.5 Å². The maximum absolute atomic E-state index is 10.6. The van der Waals surface area contributed by atoms with Crippen LogP contribution in [0.2, 0.25) is 0 Å². The van der Waals surface area contributed by atoms with E-state index in [9.17, 15) is 5.11 Å². The van der Waals surface area contributed by atoms with Crippen LogP contribution in [0.3, 0.4) is 0 Å². The van der Waals surface area contributed by atoms with E-state index in [2.05, 4.69) is 39.3 Å². The van der Waals surface area contributed by atoms with Crippen molar-refractivity contribution < 1.29 is 9.52 Å². The Bertz CT molecular complexity index is 557. The molecule has 0 amide bonds. The summed E-state index contributed by atoms with van der Waals surface area (Å²) in [5.74, 6) is 1.78. The number of hydrogen-bond acceptors (Lipinski definition) is 5. The Morgan fingerprint density at radius 3 is 2.50 bits per heavy atom. The normalized spacial score (nSPS) is 19.5. The summed E-state index contributed by atoms with van der Waals surface area (Å²) in [5.41, 5.74) is -1.11. The van der Waals surface area contributed by atoms with E-state index in [1.807, 2.05) is 6.92 Å². The summed E-state index contributed by atoms with van der Waals surface area (Å²) in [6, 6.07) is 3.55. The number of furan rings is 1. The average molecular weight is 507 g/mol. The molecule has 0 aliphatic carbocycles. The summed E-state index contributed by atoms with van der Waals surface area (Å²) in [6.45, 7) is 17.0. The third kappa shape index (κ3) is 8.26. The second kappa shape index (κ2) is 12.7. The maximum atomic E-state index is 10.6. The van der Waals surface area contributed by atoms with Gasteiger partial charge >= 0.3 is 0 Å². The van der Waals surface area contributed by atoms with Crippen LogP contribution in [0.4, 0.5) is 0 Å². The Morgan fingerprint density at radius 1 is 1.25 bits per heavy atom. The van der Waals surface area contributed by atoms with Crippen molar-refractivity contribution in [2.75, 3.05) is 58.9 Å². The lowest BCUT2D eigenvalue weighted by molar-refractivity contribution is 0.0437. The van der Waals surface area contributed by atoms with Gasteiger partial charge in [-0.3, -0.25) is 0 Å². The Balaban J connectivity index is 0.00000392. The van der Waals surface area contributed by atoms with E-state index in [1.165, 1.54) is 13.1 Å². The number of likely N-dealkylation sites (N-methyl/N-ethyl adjacent to an activating group) is 1. The number of rotatable bonds is 9. The molecule has 0 saturated carbocycles. The van der Waals surface area contributed by atoms with Crippen molar-refractivity contribution in [2.45, 2.75) is 33.3 Å². The van der Waals surface area contributed by atoms with Crippen molar-refractivity contribution in [3.05, 3.63) is 24.2 Å². The van der Waals surface area contributed by atoms with Crippen molar-refractivity contribution in [3.8, 4) is 0 Å². The molecule has 0 aromatic carbocycles. The Morgan fingerprint density at radius 2 is 1.93 bits per heavy atom. The van der Waals surface area contributed by atoms with Gasteiger partial charge in [0.25, 0.3) is 0 Å². The Hall–Kier alpha value is -0.840. The smallest absolute Gasteiger partial charge is 0.191 e. The first kappa shape index (κ1) is 25.2. The molecule has 1 aromatic rings. The Kier molecular flexibility index (Phi) is 11.4. The van der Waals surface area contributed by atoms with Crippen LogP contribution in [0, 0.1) is 5.92 Å². The fourth-order valence-corrected chi connectivity index (χ4v) is 3.30. The van der Waals surface area contributed by atoms with Crippen LogP contribution < -0.4 is 10.6 Å². The van der Waals surface area contributed by atoms with Gasteiger partial charge < -0.3 is 30.0 Å². The minimum Gasteiger partial charge on any atom is -0.466 e. The zero-order valence-electron chi connectivity index (χ0n) is 17.8. The molecule has 0 bridgehead atoms. The third-order valence-electron chi connectivity index (χ3n) is 5.04. The van der Waals surface area contributed by atoms with Crippen molar-refractivity contribution in [1.29, 1.82) is 0 Å². The molecule has 1 fully saturated rings. The minimum absolute atomic E-state index is 0. The average Bonchev–Trinajstić information content (AvgIpc) is 3.20. The zero-order chi connectivity index (χ0) is 19.7. The summed E-state index contributed by atoms with van der Waals surface area (Å²) in [5, 5.41) is 17.2. The lowest BCUT2D eigenvalue weighted by Gasteiger charge is -2.35. The second-order valence-corrected chi connectivity index (χ2v) is 7.67. The van der Waals surface area contributed by atoms with Gasteiger partial charge in [0.05, 0.1) is 12.8 Å². The highest BCUT2D eigenvalue weighted by Gasteiger charge is 2.26. The van der Waals surface area contributed by atoms with E-state index in [-0.39, 0.29) is 30.5 Å². The summed E-state index contributed by atoms with van der Waals surface area (Å²) in [4.78, 5) is 9.59. The van der Waals surface area contributed by atoms with Crippen LogP contribution >= 0.6 is 24.0 Å². The van der Waals surface area contributed by atoms with Gasteiger partial charge in [-0.1, -0.05) is 13.8 Å². The molecule has 1 aliphatic heterocycles. The van der Waals surface area contributed by atoms with Crippen molar-refractivity contribution in [1.82, 2.24) is 20.4 Å². The first-order valence-corrected chi connectivity index (χ1v) is 10.2. The monoisotopic (exact) mass is 507 g/mol. The van der Waals surface area contributed by atoms with Crippen molar-refractivity contribution in [2.24, 2.45) is 10.9 Å². The topological polar surface area (TPSA) is 76.3 Å². The number of nitrogens with one attached hydrogen (secondary N) is 2. The molecule has 2 atom stereocenters. The van der Waals surface area contributed by atoms with Crippen LogP contribution in [-0.2, 0) is 5.60 Å². The summed E-state index contributed by atoms with van der Waals surface area (Å²) < 4.78 is 5.32. The van der Waals surface area contributed by atoms with Crippen LogP contribution in [0.5, 0.6) is 0 Å². The highest BCUT2D eigenvalue weighted by atomic mass is 127. The van der Waals surface area contributed by atoms with Crippen LogP contribution in [0.25, 0.3) is 0 Å². The first-order valence-electron chi connectivity index (χ1n) is 10.2. The third-order valence-corrected chi connectivity index (χ3v) is 5.04. The SMILES string of the molecule is CCNC(=NCC(C)(O)c1ccco1)NCC(C)CN1CCN(CC)CC1.I. The lowest BCUT2D eigenvalue weighted by atomic mass is 10.0. The number of halogens is 1. The fraction of sp³-hybridized carbons (Fsp3) is 0.750. The van der Waals surface area contributed by atoms with E-state index >= 15 is 0 Å². The quantitative estimate of drug-likeness (QED) is 0.270. The lowest BCUT2D eigenvalue weighted by Crippen LogP contribution is -2.48. The largest absolute Gasteiger partial charge is 0.466 e. The van der Waals surface area contributed by atoms with E-state index in [1.54, 1.807) is 25.3 Å². The number of aliphatic hydroxyl groups is 1. The molecule has 28 heavy (non-hydrogen) atoms. The van der Waals surface area contributed by atoms with E-state index in [0.717, 1.165) is 45.2 Å². The summed E-state index contributed by atoms with van der Waals surface area (Å²) >= 11 is 0. The molecule has 2 heterocycles. The van der Waals surface area contributed by atoms with Gasteiger partial charge in [-0.25, -0.2) is 4.99 Å². The Labute approximate surface area is 187 Å². The molecule has 8 heteroatoms. The first-order chi connectivity index (χ1) is 12.9. The van der Waals surface area contributed by atoms with Gasteiger partial charge in [0.2, 0.25) is 0 Å². The minimum atomic E-state index is -1.11. The predicted molar refractivity (Wildman–Crippen MR) is 125 cm³/mol. The van der Waals surface area contributed by atoms with Gasteiger partial charge in [0, 0.05) is 45.8 Å². The molecular weight excluding hydrogens is 469 g/mol. The van der Waals surface area contributed by atoms with Gasteiger partial charge in [-0.15, -0.1) is 24.0 Å². The number of aliphatic imine (C=N–C) groups is 1. The highest BCUT2D eigenvalue weighted by Crippen LogP contribution is 2.21. The summed E-state index contributed by atoms with van der Waals surface area (Å²) in [7, 11) is 0. The van der Waals surface area contributed by atoms with Crippen molar-refractivity contribution in [3.63, 3.8) is 0 Å². The molecule has 162 valence electrons. The fourth-order valence-electron chi connectivity index (χ4n) is 3.30. The molecule has 0 radical (unpaired) electrons. The predicted octanol–water partition coefficient (Wildman–Crippen LogP) is 1.93. The molecular formula is C20H38IN5O2. The molecule has 1 saturated heterocycles. The molecule has 3 N–H and O–H groups in total. The molecule has 1 aliphatic rings.